The fourth-order valence-corrected chi connectivity index (χ4v) is 1.53. The first-order chi connectivity index (χ1) is 8.52. The molecule has 0 saturated heterocycles. The molecule has 0 fully saturated rings. The van der Waals surface area contributed by atoms with Crippen molar-refractivity contribution in [1.82, 2.24) is 14.9 Å². The summed E-state index contributed by atoms with van der Waals surface area (Å²) in [5.41, 5.74) is -0.108. The fraction of sp³-hybridized carbons (Fsp3) is 0.667. The zero-order chi connectivity index (χ0) is 13.5. The van der Waals surface area contributed by atoms with Gasteiger partial charge in [-0.05, 0) is 20.8 Å². The van der Waals surface area contributed by atoms with E-state index < -0.39 is 0 Å². The molecule has 3 N–H and O–H groups in total. The molecule has 1 unspecified atom stereocenters. The number of nitrogens with one attached hydrogen (secondary N) is 2. The van der Waals surface area contributed by atoms with Crippen molar-refractivity contribution in [3.63, 3.8) is 0 Å². The molecule has 0 amide bonds. The number of aliphatic hydroxyl groups excluding tert-OH is 1. The quantitative estimate of drug-likeness (QED) is 0.606. The molecule has 0 saturated carbocycles. The predicted octanol–water partition coefficient (Wildman–Crippen LogP) is 0.206. The lowest BCUT2D eigenvalue weighted by atomic mass is 10.4. The highest BCUT2D eigenvalue weighted by molar-refractivity contribution is 5.30. The summed E-state index contributed by atoms with van der Waals surface area (Å²) >= 11 is 0. The lowest BCUT2D eigenvalue weighted by molar-refractivity contribution is 0.192. The Kier molecular flexibility index (Phi) is 5.80. The van der Waals surface area contributed by atoms with Gasteiger partial charge >= 0.3 is 0 Å². The number of nitrogens with zero attached hydrogens (tertiary/aromatic N) is 2. The highest BCUT2D eigenvalue weighted by Crippen LogP contribution is 2.00. The molecule has 6 heteroatoms. The largest absolute Gasteiger partial charge is 0.392 e. The first-order valence-corrected chi connectivity index (χ1v) is 6.22. The Morgan fingerprint density at radius 1 is 1.39 bits per heavy atom. The van der Waals surface area contributed by atoms with E-state index in [-0.39, 0.29) is 17.7 Å². The third-order valence-electron chi connectivity index (χ3n) is 2.46. The number of aromatic nitrogens is 2. The van der Waals surface area contributed by atoms with Gasteiger partial charge in [-0.1, -0.05) is 0 Å². The average Bonchev–Trinajstić information content (AvgIpc) is 2.30. The molecule has 0 aliphatic rings. The fourth-order valence-electron chi connectivity index (χ4n) is 1.53. The number of anilines is 1. The van der Waals surface area contributed by atoms with E-state index in [4.69, 9.17) is 5.11 Å². The van der Waals surface area contributed by atoms with Crippen LogP contribution in [0.25, 0.3) is 0 Å². The average molecular weight is 254 g/mol. The van der Waals surface area contributed by atoms with E-state index in [1.54, 1.807) is 23.9 Å². The van der Waals surface area contributed by atoms with Gasteiger partial charge in [-0.3, -0.25) is 4.79 Å². The Morgan fingerprint density at radius 2 is 2.11 bits per heavy atom. The number of hydrogen-bond acceptors (Lipinski definition) is 5. The minimum Gasteiger partial charge on any atom is -0.392 e. The first kappa shape index (κ1) is 14.7. The molecule has 0 bridgehead atoms. The van der Waals surface area contributed by atoms with Crippen LogP contribution >= 0.6 is 0 Å². The number of rotatable bonds is 7. The van der Waals surface area contributed by atoms with E-state index >= 15 is 0 Å². The monoisotopic (exact) mass is 254 g/mol. The summed E-state index contributed by atoms with van der Waals surface area (Å²) in [6, 6.07) is 0.120. The Balaban J connectivity index is 2.48. The topological polar surface area (TPSA) is 79.2 Å². The molecule has 0 aliphatic carbocycles. The van der Waals surface area contributed by atoms with Crippen LogP contribution in [0.1, 0.15) is 26.8 Å². The molecule has 18 heavy (non-hydrogen) atoms. The molecule has 0 radical (unpaired) electrons. The normalized spacial score (nSPS) is 12.7. The van der Waals surface area contributed by atoms with Crippen LogP contribution in [0.2, 0.25) is 0 Å². The minimum atomic E-state index is -0.363. The van der Waals surface area contributed by atoms with E-state index in [9.17, 15) is 4.79 Å². The SMILES string of the molecule is CC(O)CNCCNc1nccn(C(C)C)c1=O. The molecule has 0 aliphatic heterocycles. The summed E-state index contributed by atoms with van der Waals surface area (Å²) in [6.07, 6.45) is 2.94. The van der Waals surface area contributed by atoms with Gasteiger partial charge in [0.2, 0.25) is 0 Å². The van der Waals surface area contributed by atoms with Crippen LogP contribution in [0.4, 0.5) is 5.82 Å². The third-order valence-corrected chi connectivity index (χ3v) is 2.46. The third kappa shape index (κ3) is 4.46. The van der Waals surface area contributed by atoms with Gasteiger partial charge in [0.25, 0.3) is 5.56 Å². The van der Waals surface area contributed by atoms with E-state index in [0.717, 1.165) is 0 Å². The maximum absolute atomic E-state index is 12.0. The van der Waals surface area contributed by atoms with Gasteiger partial charge in [-0.25, -0.2) is 4.98 Å². The van der Waals surface area contributed by atoms with Crippen LogP contribution in [-0.2, 0) is 0 Å². The Hall–Kier alpha value is -1.40. The Labute approximate surface area is 107 Å². The van der Waals surface area contributed by atoms with Crippen molar-refractivity contribution in [3.05, 3.63) is 22.7 Å². The summed E-state index contributed by atoms with van der Waals surface area (Å²) in [6.45, 7) is 7.44. The molecule has 1 aromatic rings. The van der Waals surface area contributed by atoms with Gasteiger partial charge in [0.15, 0.2) is 5.82 Å². The van der Waals surface area contributed by atoms with Crippen LogP contribution in [-0.4, -0.2) is 40.4 Å². The second-order valence-electron chi connectivity index (χ2n) is 4.56. The van der Waals surface area contributed by atoms with Gasteiger partial charge in [0.1, 0.15) is 0 Å². The van der Waals surface area contributed by atoms with E-state index in [1.807, 2.05) is 13.8 Å². The van der Waals surface area contributed by atoms with Gasteiger partial charge in [0.05, 0.1) is 6.10 Å². The lowest BCUT2D eigenvalue weighted by Gasteiger charge is -2.12. The minimum absolute atomic E-state index is 0.108. The van der Waals surface area contributed by atoms with Crippen LogP contribution in [0.3, 0.4) is 0 Å². The van der Waals surface area contributed by atoms with Crippen LogP contribution in [0.5, 0.6) is 0 Å². The molecule has 0 aromatic carbocycles. The maximum Gasteiger partial charge on any atom is 0.293 e. The van der Waals surface area contributed by atoms with Crippen molar-refractivity contribution in [2.45, 2.75) is 32.9 Å². The maximum atomic E-state index is 12.0. The van der Waals surface area contributed by atoms with Gasteiger partial charge in [0, 0.05) is 38.1 Å². The summed E-state index contributed by atoms with van der Waals surface area (Å²) < 4.78 is 1.64. The van der Waals surface area contributed by atoms with Crippen molar-refractivity contribution in [3.8, 4) is 0 Å². The van der Waals surface area contributed by atoms with Crippen molar-refractivity contribution < 1.29 is 5.11 Å². The van der Waals surface area contributed by atoms with Gasteiger partial charge < -0.3 is 20.3 Å². The van der Waals surface area contributed by atoms with E-state index in [1.165, 1.54) is 0 Å². The summed E-state index contributed by atoms with van der Waals surface area (Å²) in [5.74, 6) is 0.366. The predicted molar refractivity (Wildman–Crippen MR) is 71.9 cm³/mol. The number of hydrogen-bond donors (Lipinski definition) is 3. The first-order valence-electron chi connectivity index (χ1n) is 6.22. The van der Waals surface area contributed by atoms with Crippen molar-refractivity contribution >= 4 is 5.82 Å². The zero-order valence-electron chi connectivity index (χ0n) is 11.2. The van der Waals surface area contributed by atoms with E-state index in [0.29, 0.717) is 25.5 Å². The Bertz CT molecular complexity index is 415. The molecule has 1 atom stereocenters. The summed E-state index contributed by atoms with van der Waals surface area (Å²) in [5, 5.41) is 15.1. The summed E-state index contributed by atoms with van der Waals surface area (Å²) in [4.78, 5) is 16.0. The highest BCUT2D eigenvalue weighted by atomic mass is 16.3. The second-order valence-corrected chi connectivity index (χ2v) is 4.56. The van der Waals surface area contributed by atoms with E-state index in [2.05, 4.69) is 15.6 Å². The van der Waals surface area contributed by atoms with Gasteiger partial charge in [-0.2, -0.15) is 0 Å². The molecule has 1 heterocycles. The van der Waals surface area contributed by atoms with Crippen molar-refractivity contribution in [2.75, 3.05) is 25.0 Å². The Morgan fingerprint density at radius 3 is 2.72 bits per heavy atom. The van der Waals surface area contributed by atoms with Crippen LogP contribution in [0.15, 0.2) is 17.2 Å². The molecule has 1 aromatic heterocycles. The van der Waals surface area contributed by atoms with Crippen molar-refractivity contribution in [2.24, 2.45) is 0 Å². The molecule has 6 nitrogen and oxygen atoms in total. The molecular weight excluding hydrogens is 232 g/mol. The smallest absolute Gasteiger partial charge is 0.293 e. The number of aliphatic hydroxyl groups is 1. The van der Waals surface area contributed by atoms with Crippen LogP contribution in [0, 0.1) is 0 Å². The molecule has 0 spiro atoms. The highest BCUT2D eigenvalue weighted by Gasteiger charge is 2.06. The molecule has 1 rings (SSSR count). The van der Waals surface area contributed by atoms with Gasteiger partial charge in [-0.15, -0.1) is 0 Å². The zero-order valence-corrected chi connectivity index (χ0v) is 11.2. The summed E-state index contributed by atoms with van der Waals surface area (Å²) in [7, 11) is 0. The lowest BCUT2D eigenvalue weighted by Crippen LogP contribution is -2.31. The van der Waals surface area contributed by atoms with Crippen LogP contribution < -0.4 is 16.2 Å². The molecular formula is C12H22N4O2. The van der Waals surface area contributed by atoms with Crippen molar-refractivity contribution in [1.29, 1.82) is 0 Å². The second kappa shape index (κ2) is 7.13. The standard InChI is InChI=1S/C12H22N4O2/c1-9(2)16-7-6-15-11(12(16)18)14-5-4-13-8-10(3)17/h6-7,9-10,13,17H,4-5,8H2,1-3H3,(H,14,15). The molecule has 102 valence electrons.